The van der Waals surface area contributed by atoms with Gasteiger partial charge in [0.2, 0.25) is 0 Å². The van der Waals surface area contributed by atoms with Crippen molar-refractivity contribution in [2.75, 3.05) is 0 Å². The van der Waals surface area contributed by atoms with Gasteiger partial charge in [0.1, 0.15) is 6.61 Å². The number of aromatic nitrogens is 4. The Morgan fingerprint density at radius 2 is 1.79 bits per heavy atom. The standard InChI is InChI=1S/C20H17N5O3/c1-13-16(20(28)24(23-13)14-7-3-2-4-8-14)11-21-25-18(12-26)22-17-10-6-5-9-15(17)19(25)27/h2-11,23,26H,12H2,1H3. The molecule has 0 saturated carbocycles. The third-order valence-corrected chi connectivity index (χ3v) is 4.40. The van der Waals surface area contributed by atoms with Crippen molar-refractivity contribution in [3.05, 3.63) is 92.4 Å². The second-order valence-electron chi connectivity index (χ2n) is 6.19. The van der Waals surface area contributed by atoms with E-state index in [2.05, 4.69) is 15.2 Å². The summed E-state index contributed by atoms with van der Waals surface area (Å²) in [6.45, 7) is 1.29. The normalized spacial score (nSPS) is 11.5. The van der Waals surface area contributed by atoms with E-state index in [-0.39, 0.29) is 11.4 Å². The topological polar surface area (TPSA) is 105 Å². The Kier molecular flexibility index (Phi) is 4.46. The average molecular weight is 375 g/mol. The Bertz CT molecular complexity index is 1300. The number of nitrogens with one attached hydrogen (secondary N) is 1. The van der Waals surface area contributed by atoms with Crippen molar-refractivity contribution >= 4 is 17.1 Å². The van der Waals surface area contributed by atoms with E-state index < -0.39 is 12.2 Å². The fourth-order valence-corrected chi connectivity index (χ4v) is 2.98. The summed E-state index contributed by atoms with van der Waals surface area (Å²) in [7, 11) is 0. The molecule has 0 unspecified atom stereocenters. The number of fused-ring (bicyclic) bond motifs is 1. The summed E-state index contributed by atoms with van der Waals surface area (Å²) in [6, 6.07) is 16.0. The van der Waals surface area contributed by atoms with Gasteiger partial charge in [-0.05, 0) is 31.2 Å². The third-order valence-electron chi connectivity index (χ3n) is 4.40. The van der Waals surface area contributed by atoms with Crippen LogP contribution in [0.4, 0.5) is 0 Å². The Labute approximate surface area is 159 Å². The van der Waals surface area contributed by atoms with E-state index in [1.807, 2.05) is 18.2 Å². The zero-order valence-corrected chi connectivity index (χ0v) is 15.0. The summed E-state index contributed by atoms with van der Waals surface area (Å²) in [5, 5.41) is 17.1. The third kappa shape index (κ3) is 2.95. The molecule has 0 aliphatic carbocycles. The second-order valence-corrected chi connectivity index (χ2v) is 6.19. The summed E-state index contributed by atoms with van der Waals surface area (Å²) in [5.74, 6) is 0.0940. The highest BCUT2D eigenvalue weighted by molar-refractivity contribution is 5.81. The SMILES string of the molecule is Cc1[nH]n(-c2ccccc2)c(=O)c1C=Nn1c(CO)nc2ccccc2c1=O. The minimum Gasteiger partial charge on any atom is -0.388 e. The Morgan fingerprint density at radius 1 is 1.07 bits per heavy atom. The van der Waals surface area contributed by atoms with Crippen LogP contribution >= 0.6 is 0 Å². The molecule has 0 aliphatic heterocycles. The van der Waals surface area contributed by atoms with Gasteiger partial charge in [0.05, 0.1) is 28.4 Å². The van der Waals surface area contributed by atoms with Crippen LogP contribution in [0, 0.1) is 6.92 Å². The fourth-order valence-electron chi connectivity index (χ4n) is 2.98. The quantitative estimate of drug-likeness (QED) is 0.528. The number of aliphatic hydroxyl groups excluding tert-OH is 1. The summed E-state index contributed by atoms with van der Waals surface area (Å²) >= 11 is 0. The van der Waals surface area contributed by atoms with Gasteiger partial charge in [-0.1, -0.05) is 30.3 Å². The van der Waals surface area contributed by atoms with Crippen LogP contribution in [0.15, 0.2) is 69.3 Å². The molecule has 0 bridgehead atoms. The molecule has 0 spiro atoms. The minimum absolute atomic E-state index is 0.0940. The number of H-pyrrole nitrogens is 1. The van der Waals surface area contributed by atoms with Crippen LogP contribution in [0.5, 0.6) is 0 Å². The molecule has 4 rings (SSSR count). The number of hydrogen-bond donors (Lipinski definition) is 2. The van der Waals surface area contributed by atoms with E-state index in [0.29, 0.717) is 27.8 Å². The molecule has 8 heteroatoms. The summed E-state index contributed by atoms with van der Waals surface area (Å²) in [4.78, 5) is 29.8. The van der Waals surface area contributed by atoms with E-state index in [0.717, 1.165) is 4.68 Å². The van der Waals surface area contributed by atoms with Crippen molar-refractivity contribution in [1.29, 1.82) is 0 Å². The second kappa shape index (κ2) is 7.09. The number of aromatic amines is 1. The summed E-state index contributed by atoms with van der Waals surface area (Å²) in [5.41, 5.74) is 1.38. The van der Waals surface area contributed by atoms with Crippen LogP contribution in [0.3, 0.4) is 0 Å². The molecule has 2 heterocycles. The molecule has 2 aromatic carbocycles. The largest absolute Gasteiger partial charge is 0.388 e. The number of nitrogens with zero attached hydrogens (tertiary/aromatic N) is 4. The zero-order chi connectivity index (χ0) is 19.7. The lowest BCUT2D eigenvalue weighted by Gasteiger charge is -2.06. The predicted molar refractivity (Wildman–Crippen MR) is 106 cm³/mol. The molecule has 0 aliphatic rings. The first-order chi connectivity index (χ1) is 13.6. The number of para-hydroxylation sites is 2. The van der Waals surface area contributed by atoms with Gasteiger partial charge in [-0.25, -0.2) is 9.67 Å². The van der Waals surface area contributed by atoms with Gasteiger partial charge in [0, 0.05) is 5.69 Å². The van der Waals surface area contributed by atoms with Crippen LogP contribution in [0.25, 0.3) is 16.6 Å². The molecule has 0 amide bonds. The first kappa shape index (κ1) is 17.6. The molecule has 140 valence electrons. The molecule has 28 heavy (non-hydrogen) atoms. The lowest BCUT2D eigenvalue weighted by molar-refractivity contribution is 0.265. The minimum atomic E-state index is -0.461. The molecular formula is C20H17N5O3. The Morgan fingerprint density at radius 3 is 2.54 bits per heavy atom. The van der Waals surface area contributed by atoms with Gasteiger partial charge < -0.3 is 5.11 Å². The maximum atomic E-state index is 12.8. The number of aliphatic hydroxyl groups is 1. The van der Waals surface area contributed by atoms with Crippen LogP contribution < -0.4 is 11.1 Å². The van der Waals surface area contributed by atoms with Crippen molar-refractivity contribution < 1.29 is 5.11 Å². The lowest BCUT2D eigenvalue weighted by Crippen LogP contribution is -2.23. The lowest BCUT2D eigenvalue weighted by atomic mass is 10.2. The monoisotopic (exact) mass is 375 g/mol. The van der Waals surface area contributed by atoms with Gasteiger partial charge in [-0.15, -0.1) is 0 Å². The molecule has 4 aromatic rings. The number of hydrogen-bond acceptors (Lipinski definition) is 5. The highest BCUT2D eigenvalue weighted by Gasteiger charge is 2.12. The van der Waals surface area contributed by atoms with Crippen molar-refractivity contribution in [2.24, 2.45) is 5.10 Å². The first-order valence-corrected chi connectivity index (χ1v) is 8.63. The first-order valence-electron chi connectivity index (χ1n) is 8.63. The van der Waals surface area contributed by atoms with Crippen molar-refractivity contribution in [2.45, 2.75) is 13.5 Å². The van der Waals surface area contributed by atoms with E-state index in [1.54, 1.807) is 43.3 Å². The molecule has 0 fully saturated rings. The highest BCUT2D eigenvalue weighted by Crippen LogP contribution is 2.09. The fraction of sp³-hybridized carbons (Fsp3) is 0.100. The number of benzene rings is 2. The molecule has 0 atom stereocenters. The number of aryl methyl sites for hydroxylation is 1. The van der Waals surface area contributed by atoms with Gasteiger partial charge in [-0.2, -0.15) is 9.78 Å². The van der Waals surface area contributed by atoms with Crippen LogP contribution in [0.2, 0.25) is 0 Å². The molecule has 8 nitrogen and oxygen atoms in total. The average Bonchev–Trinajstić information content (AvgIpc) is 3.01. The van der Waals surface area contributed by atoms with E-state index in [4.69, 9.17) is 0 Å². The Balaban J connectivity index is 1.83. The predicted octanol–water partition coefficient (Wildman–Crippen LogP) is 1.56. The summed E-state index contributed by atoms with van der Waals surface area (Å²) < 4.78 is 2.42. The molecule has 2 aromatic heterocycles. The highest BCUT2D eigenvalue weighted by atomic mass is 16.3. The van der Waals surface area contributed by atoms with E-state index >= 15 is 0 Å². The maximum Gasteiger partial charge on any atom is 0.282 e. The zero-order valence-electron chi connectivity index (χ0n) is 15.0. The molecule has 2 N–H and O–H groups in total. The maximum absolute atomic E-state index is 12.8. The molecule has 0 radical (unpaired) electrons. The van der Waals surface area contributed by atoms with Crippen LogP contribution in [-0.2, 0) is 6.61 Å². The van der Waals surface area contributed by atoms with E-state index in [9.17, 15) is 14.7 Å². The number of rotatable bonds is 4. The van der Waals surface area contributed by atoms with Gasteiger partial charge in [0.15, 0.2) is 5.82 Å². The Hall–Kier alpha value is -3.78. The van der Waals surface area contributed by atoms with Crippen molar-refractivity contribution in [3.8, 4) is 5.69 Å². The van der Waals surface area contributed by atoms with Gasteiger partial charge >= 0.3 is 0 Å². The van der Waals surface area contributed by atoms with Crippen molar-refractivity contribution in [3.63, 3.8) is 0 Å². The van der Waals surface area contributed by atoms with Crippen molar-refractivity contribution in [1.82, 2.24) is 19.4 Å². The summed E-state index contributed by atoms with van der Waals surface area (Å²) in [6.07, 6.45) is 1.31. The molecular weight excluding hydrogens is 358 g/mol. The molecule has 0 saturated heterocycles. The van der Waals surface area contributed by atoms with Gasteiger partial charge in [-0.3, -0.25) is 14.7 Å². The van der Waals surface area contributed by atoms with Gasteiger partial charge in [0.25, 0.3) is 11.1 Å². The van der Waals surface area contributed by atoms with Crippen LogP contribution in [0.1, 0.15) is 17.1 Å². The van der Waals surface area contributed by atoms with E-state index in [1.165, 1.54) is 10.9 Å². The smallest absolute Gasteiger partial charge is 0.282 e. The van der Waals surface area contributed by atoms with Crippen LogP contribution in [-0.4, -0.2) is 30.8 Å².